The zero-order chi connectivity index (χ0) is 9.14. The van der Waals surface area contributed by atoms with Crippen molar-refractivity contribution in [1.82, 2.24) is 5.32 Å². The number of nitrogens with one attached hydrogen (secondary N) is 1. The van der Waals surface area contributed by atoms with Gasteiger partial charge in [-0.3, -0.25) is 4.79 Å². The highest BCUT2D eigenvalue weighted by Gasteiger charge is 2.28. The van der Waals surface area contributed by atoms with Crippen LogP contribution in [0.5, 0.6) is 0 Å². The number of carboxylic acid groups (broad SMARTS) is 1. The predicted octanol–water partition coefficient (Wildman–Crippen LogP) is -1.93. The number of nitrogens with two attached hydrogens (primary N) is 2. The van der Waals surface area contributed by atoms with Crippen molar-refractivity contribution in [2.24, 2.45) is 16.5 Å². The number of aliphatic carboxylic acids is 1. The van der Waals surface area contributed by atoms with Crippen LogP contribution < -0.4 is 16.8 Å². The van der Waals surface area contributed by atoms with E-state index in [0.29, 0.717) is 13.0 Å². The van der Waals surface area contributed by atoms with Crippen molar-refractivity contribution in [1.29, 1.82) is 0 Å². The largest absolute Gasteiger partial charge is 0.480 e. The Morgan fingerprint density at radius 3 is 2.67 bits per heavy atom. The molecule has 1 heterocycles. The minimum absolute atomic E-state index is 0.00726. The van der Waals surface area contributed by atoms with Crippen molar-refractivity contribution in [2.75, 3.05) is 6.54 Å². The lowest BCUT2D eigenvalue weighted by Gasteiger charge is -2.01. The summed E-state index contributed by atoms with van der Waals surface area (Å²) in [7, 11) is 0. The normalized spacial score (nSPS) is 28.3. The van der Waals surface area contributed by atoms with E-state index in [1.165, 1.54) is 0 Å². The second-order valence-corrected chi connectivity index (χ2v) is 2.74. The summed E-state index contributed by atoms with van der Waals surface area (Å²) < 4.78 is 0. The summed E-state index contributed by atoms with van der Waals surface area (Å²) in [4.78, 5) is 14.3. The quantitative estimate of drug-likeness (QED) is 0.286. The van der Waals surface area contributed by atoms with Crippen molar-refractivity contribution in [2.45, 2.75) is 18.5 Å². The molecule has 0 amide bonds. The summed E-state index contributed by atoms with van der Waals surface area (Å²) in [5.41, 5.74) is 10.3. The highest BCUT2D eigenvalue weighted by atomic mass is 16.4. The minimum Gasteiger partial charge on any atom is -0.480 e. The molecule has 1 saturated heterocycles. The second-order valence-electron chi connectivity index (χ2n) is 2.74. The molecular weight excluding hydrogens is 160 g/mol. The van der Waals surface area contributed by atoms with Crippen molar-refractivity contribution in [3.05, 3.63) is 0 Å². The third-order valence-corrected chi connectivity index (χ3v) is 1.74. The van der Waals surface area contributed by atoms with E-state index >= 15 is 0 Å². The summed E-state index contributed by atoms with van der Waals surface area (Å²) in [6.45, 7) is 0.523. The molecule has 0 aliphatic carbocycles. The van der Waals surface area contributed by atoms with E-state index in [1.807, 2.05) is 0 Å². The van der Waals surface area contributed by atoms with Gasteiger partial charge in [0.15, 0.2) is 5.96 Å². The lowest BCUT2D eigenvalue weighted by atomic mass is 10.2. The van der Waals surface area contributed by atoms with Crippen LogP contribution in [0.2, 0.25) is 0 Å². The van der Waals surface area contributed by atoms with Gasteiger partial charge in [-0.15, -0.1) is 0 Å². The Hall–Kier alpha value is -1.30. The topological polar surface area (TPSA) is 114 Å². The van der Waals surface area contributed by atoms with E-state index in [-0.39, 0.29) is 12.0 Å². The molecule has 2 atom stereocenters. The molecule has 6 nitrogen and oxygen atoms in total. The fraction of sp³-hybridized carbons (Fsp3) is 0.667. The van der Waals surface area contributed by atoms with Gasteiger partial charge in [0.05, 0.1) is 6.04 Å². The SMILES string of the molecule is NC(N)=NC1CN[C@H](C(=O)O)C1. The monoisotopic (exact) mass is 172 g/mol. The molecule has 0 aromatic carbocycles. The average Bonchev–Trinajstić information content (AvgIpc) is 2.34. The first-order valence-electron chi connectivity index (χ1n) is 3.64. The molecule has 6 N–H and O–H groups in total. The maximum Gasteiger partial charge on any atom is 0.320 e. The van der Waals surface area contributed by atoms with Gasteiger partial charge in [0.25, 0.3) is 0 Å². The average molecular weight is 172 g/mol. The Morgan fingerprint density at radius 1 is 1.58 bits per heavy atom. The molecule has 12 heavy (non-hydrogen) atoms. The van der Waals surface area contributed by atoms with Gasteiger partial charge in [0.1, 0.15) is 6.04 Å². The Morgan fingerprint density at radius 2 is 2.25 bits per heavy atom. The summed E-state index contributed by atoms with van der Waals surface area (Å²) in [6.07, 6.45) is 0.452. The van der Waals surface area contributed by atoms with E-state index in [9.17, 15) is 4.79 Å². The predicted molar refractivity (Wildman–Crippen MR) is 43.6 cm³/mol. The summed E-state index contributed by atoms with van der Waals surface area (Å²) >= 11 is 0. The van der Waals surface area contributed by atoms with Gasteiger partial charge in [0.2, 0.25) is 0 Å². The minimum atomic E-state index is -0.858. The van der Waals surface area contributed by atoms with Gasteiger partial charge >= 0.3 is 5.97 Å². The van der Waals surface area contributed by atoms with E-state index in [0.717, 1.165) is 0 Å². The van der Waals surface area contributed by atoms with Crippen LogP contribution in [0.3, 0.4) is 0 Å². The third kappa shape index (κ3) is 2.09. The standard InChI is InChI=1S/C6H12N4O2/c7-6(8)10-3-1-4(5(11)12)9-2-3/h3-4,9H,1-2H2,(H,11,12)(H4,7,8,10)/t3?,4-/m0/s1. The number of guanidine groups is 1. The third-order valence-electron chi connectivity index (χ3n) is 1.74. The van der Waals surface area contributed by atoms with Crippen molar-refractivity contribution in [3.8, 4) is 0 Å². The number of nitrogens with zero attached hydrogens (tertiary/aromatic N) is 1. The Balaban J connectivity index is 2.46. The molecule has 0 spiro atoms. The van der Waals surface area contributed by atoms with Crippen molar-refractivity contribution >= 4 is 11.9 Å². The van der Waals surface area contributed by atoms with Gasteiger partial charge in [-0.1, -0.05) is 0 Å². The lowest BCUT2D eigenvalue weighted by molar-refractivity contribution is -0.139. The Labute approximate surface area is 69.6 Å². The van der Waals surface area contributed by atoms with Crippen molar-refractivity contribution < 1.29 is 9.90 Å². The first-order chi connectivity index (χ1) is 5.59. The molecule has 0 aromatic heterocycles. The molecule has 0 saturated carbocycles. The Kier molecular flexibility index (Phi) is 2.49. The molecule has 6 heteroatoms. The number of carbonyl (C=O) groups is 1. The summed E-state index contributed by atoms with van der Waals surface area (Å²) in [5, 5.41) is 11.4. The van der Waals surface area contributed by atoms with Crippen LogP contribution in [0.15, 0.2) is 4.99 Å². The first-order valence-corrected chi connectivity index (χ1v) is 3.64. The fourth-order valence-electron chi connectivity index (χ4n) is 1.21. The zero-order valence-corrected chi connectivity index (χ0v) is 6.53. The van der Waals surface area contributed by atoms with Gasteiger partial charge in [-0.2, -0.15) is 0 Å². The van der Waals surface area contributed by atoms with Crippen LogP contribution in [-0.2, 0) is 4.79 Å². The molecule has 0 bridgehead atoms. The molecular formula is C6H12N4O2. The Bertz CT molecular complexity index is 212. The maximum absolute atomic E-state index is 10.5. The van der Waals surface area contributed by atoms with E-state index in [1.54, 1.807) is 0 Å². The second kappa shape index (κ2) is 3.40. The van der Waals surface area contributed by atoms with Crippen molar-refractivity contribution in [3.63, 3.8) is 0 Å². The number of hydrogen-bond donors (Lipinski definition) is 4. The van der Waals surface area contributed by atoms with Gasteiger partial charge in [-0.05, 0) is 6.42 Å². The van der Waals surface area contributed by atoms with Crippen LogP contribution in [0.1, 0.15) is 6.42 Å². The van der Waals surface area contributed by atoms with Gasteiger partial charge < -0.3 is 21.9 Å². The lowest BCUT2D eigenvalue weighted by Crippen LogP contribution is -2.30. The number of rotatable bonds is 2. The van der Waals surface area contributed by atoms with Crippen LogP contribution >= 0.6 is 0 Å². The van der Waals surface area contributed by atoms with Crippen LogP contribution in [0.4, 0.5) is 0 Å². The molecule has 1 aliphatic rings. The molecule has 1 unspecified atom stereocenters. The van der Waals surface area contributed by atoms with Crippen LogP contribution in [0, 0.1) is 0 Å². The molecule has 0 radical (unpaired) electrons. The fourth-order valence-corrected chi connectivity index (χ4v) is 1.21. The summed E-state index contributed by atoms with van der Waals surface area (Å²) in [5.74, 6) is -0.851. The number of hydrogen-bond acceptors (Lipinski definition) is 3. The molecule has 1 rings (SSSR count). The molecule has 68 valence electrons. The first kappa shape index (κ1) is 8.79. The van der Waals surface area contributed by atoms with E-state index in [4.69, 9.17) is 16.6 Å². The summed E-state index contributed by atoms with van der Waals surface area (Å²) in [6, 6.07) is -0.616. The van der Waals surface area contributed by atoms with Gasteiger partial charge in [0, 0.05) is 6.54 Å². The van der Waals surface area contributed by atoms with Crippen LogP contribution in [0.25, 0.3) is 0 Å². The van der Waals surface area contributed by atoms with Crippen LogP contribution in [-0.4, -0.2) is 35.7 Å². The van der Waals surface area contributed by atoms with E-state index in [2.05, 4.69) is 10.3 Å². The highest BCUT2D eigenvalue weighted by Crippen LogP contribution is 2.09. The highest BCUT2D eigenvalue weighted by molar-refractivity contribution is 5.76. The molecule has 1 aliphatic heterocycles. The number of carboxylic acids is 1. The molecule has 1 fully saturated rings. The smallest absolute Gasteiger partial charge is 0.320 e. The maximum atomic E-state index is 10.5. The molecule has 0 aromatic rings. The van der Waals surface area contributed by atoms with Gasteiger partial charge in [-0.25, -0.2) is 4.99 Å². The van der Waals surface area contributed by atoms with E-state index < -0.39 is 12.0 Å². The number of aliphatic imine (C=N–C) groups is 1. The zero-order valence-electron chi connectivity index (χ0n) is 6.53.